The van der Waals surface area contributed by atoms with Crippen LogP contribution in [0.5, 0.6) is 0 Å². The maximum Gasteiger partial charge on any atom is 0.337 e. The van der Waals surface area contributed by atoms with Gasteiger partial charge >= 0.3 is 5.97 Å². The zero-order chi connectivity index (χ0) is 14.2. The van der Waals surface area contributed by atoms with Crippen LogP contribution < -0.4 is 5.73 Å². The standard InChI is InChI=1S/C11H13N3O4S/c1-2-6-19(17,18)14-8-5-3-4-7(10(15)16)9(8)13-11(14)12/h3-5H,2,6H2,1H3,(H2,12,13)(H,15,16). The first-order valence-electron chi connectivity index (χ1n) is 5.62. The minimum atomic E-state index is -3.63. The van der Waals surface area contributed by atoms with Gasteiger partial charge in [0.25, 0.3) is 0 Å². The van der Waals surface area contributed by atoms with Crippen molar-refractivity contribution in [3.05, 3.63) is 23.8 Å². The van der Waals surface area contributed by atoms with E-state index in [4.69, 9.17) is 10.8 Å². The second kappa shape index (κ2) is 4.54. The second-order valence-corrected chi connectivity index (χ2v) is 5.97. The van der Waals surface area contributed by atoms with Crippen LogP contribution in [0, 0.1) is 0 Å². The normalized spacial score (nSPS) is 11.8. The molecule has 1 aromatic heterocycles. The monoisotopic (exact) mass is 283 g/mol. The first-order chi connectivity index (χ1) is 8.88. The van der Waals surface area contributed by atoms with E-state index in [-0.39, 0.29) is 28.3 Å². The van der Waals surface area contributed by atoms with Gasteiger partial charge in [0.2, 0.25) is 16.0 Å². The van der Waals surface area contributed by atoms with E-state index >= 15 is 0 Å². The largest absolute Gasteiger partial charge is 0.478 e. The molecular formula is C11H13N3O4S. The smallest absolute Gasteiger partial charge is 0.337 e. The van der Waals surface area contributed by atoms with Gasteiger partial charge in [0.1, 0.15) is 5.52 Å². The highest BCUT2D eigenvalue weighted by Gasteiger charge is 2.22. The van der Waals surface area contributed by atoms with Crippen LogP contribution in [0.3, 0.4) is 0 Å². The van der Waals surface area contributed by atoms with Crippen molar-refractivity contribution in [2.45, 2.75) is 13.3 Å². The first-order valence-corrected chi connectivity index (χ1v) is 7.23. The zero-order valence-corrected chi connectivity index (χ0v) is 11.0. The minimum Gasteiger partial charge on any atom is -0.478 e. The molecule has 0 saturated carbocycles. The molecule has 0 spiro atoms. The number of carboxylic acid groups (broad SMARTS) is 1. The number of carboxylic acids is 1. The van der Waals surface area contributed by atoms with Gasteiger partial charge in [-0.05, 0) is 18.6 Å². The van der Waals surface area contributed by atoms with Crippen LogP contribution in [-0.2, 0) is 10.0 Å². The summed E-state index contributed by atoms with van der Waals surface area (Å²) in [6, 6.07) is 4.30. The summed E-state index contributed by atoms with van der Waals surface area (Å²) in [5.41, 5.74) is 5.81. The number of fused-ring (bicyclic) bond motifs is 1. The van der Waals surface area contributed by atoms with Crippen LogP contribution >= 0.6 is 0 Å². The van der Waals surface area contributed by atoms with Crippen molar-refractivity contribution in [1.82, 2.24) is 8.96 Å². The molecule has 7 nitrogen and oxygen atoms in total. The molecule has 3 N–H and O–H groups in total. The first kappa shape index (κ1) is 13.3. The molecule has 8 heteroatoms. The molecule has 0 fully saturated rings. The van der Waals surface area contributed by atoms with Crippen molar-refractivity contribution in [3.8, 4) is 0 Å². The SMILES string of the molecule is CCCS(=O)(=O)n1c(N)nc2c(C(=O)O)cccc21. The van der Waals surface area contributed by atoms with E-state index in [1.54, 1.807) is 6.92 Å². The van der Waals surface area contributed by atoms with Crippen molar-refractivity contribution in [2.75, 3.05) is 11.5 Å². The van der Waals surface area contributed by atoms with Crippen LogP contribution in [0.4, 0.5) is 5.95 Å². The molecule has 0 unspecified atom stereocenters. The number of hydrogen-bond acceptors (Lipinski definition) is 5. The number of anilines is 1. The fourth-order valence-electron chi connectivity index (χ4n) is 1.91. The lowest BCUT2D eigenvalue weighted by molar-refractivity contribution is 0.0699. The van der Waals surface area contributed by atoms with Gasteiger partial charge in [0, 0.05) is 0 Å². The van der Waals surface area contributed by atoms with Gasteiger partial charge in [0.15, 0.2) is 0 Å². The van der Waals surface area contributed by atoms with E-state index in [0.29, 0.717) is 6.42 Å². The Balaban J connectivity index is 2.81. The maximum atomic E-state index is 12.1. The highest BCUT2D eigenvalue weighted by Crippen LogP contribution is 2.23. The predicted octanol–water partition coefficient (Wildman–Crippen LogP) is 0.905. The molecule has 2 rings (SSSR count). The van der Waals surface area contributed by atoms with E-state index in [1.165, 1.54) is 18.2 Å². The predicted molar refractivity (Wildman–Crippen MR) is 70.6 cm³/mol. The van der Waals surface area contributed by atoms with Gasteiger partial charge in [0.05, 0.1) is 16.8 Å². The van der Waals surface area contributed by atoms with Crippen molar-refractivity contribution in [1.29, 1.82) is 0 Å². The Hall–Kier alpha value is -2.09. The molecule has 102 valence electrons. The molecule has 0 atom stereocenters. The van der Waals surface area contributed by atoms with Crippen LogP contribution in [-0.4, -0.2) is 34.2 Å². The fourth-order valence-corrected chi connectivity index (χ4v) is 3.38. The third-order valence-corrected chi connectivity index (χ3v) is 4.50. The molecule has 1 heterocycles. The summed E-state index contributed by atoms with van der Waals surface area (Å²) in [5.74, 6) is -1.49. The molecule has 0 radical (unpaired) electrons. The zero-order valence-electron chi connectivity index (χ0n) is 10.2. The molecule has 0 bridgehead atoms. The molecular weight excluding hydrogens is 270 g/mol. The van der Waals surface area contributed by atoms with Crippen molar-refractivity contribution < 1.29 is 18.3 Å². The highest BCUT2D eigenvalue weighted by molar-refractivity contribution is 7.90. The summed E-state index contributed by atoms with van der Waals surface area (Å²) < 4.78 is 25.1. The van der Waals surface area contributed by atoms with Crippen LogP contribution in [0.1, 0.15) is 23.7 Å². The Bertz CT molecular complexity index is 749. The number of nitrogens with two attached hydrogens (primary N) is 1. The molecule has 1 aromatic carbocycles. The number of benzene rings is 1. The van der Waals surface area contributed by atoms with Crippen molar-refractivity contribution >= 4 is 33.0 Å². The highest BCUT2D eigenvalue weighted by atomic mass is 32.2. The second-order valence-electron chi connectivity index (χ2n) is 4.03. The maximum absolute atomic E-state index is 12.1. The van der Waals surface area contributed by atoms with Gasteiger partial charge in [-0.1, -0.05) is 13.0 Å². The minimum absolute atomic E-state index is 0.0744. The number of imidazole rings is 1. The molecule has 0 saturated heterocycles. The van der Waals surface area contributed by atoms with Crippen LogP contribution in [0.2, 0.25) is 0 Å². The number of hydrogen-bond donors (Lipinski definition) is 2. The lowest BCUT2D eigenvalue weighted by Gasteiger charge is -2.06. The number of nitrogen functional groups attached to an aromatic ring is 1. The third kappa shape index (κ3) is 2.14. The Labute approximate surface area is 109 Å². The Morgan fingerprint density at radius 2 is 2.16 bits per heavy atom. The molecule has 0 amide bonds. The van der Waals surface area contributed by atoms with Gasteiger partial charge in [-0.15, -0.1) is 0 Å². The lowest BCUT2D eigenvalue weighted by Crippen LogP contribution is -2.18. The van der Waals surface area contributed by atoms with E-state index in [1.807, 2.05) is 0 Å². The number of aromatic nitrogens is 2. The summed E-state index contributed by atoms with van der Waals surface area (Å²) >= 11 is 0. The van der Waals surface area contributed by atoms with Crippen molar-refractivity contribution in [3.63, 3.8) is 0 Å². The summed E-state index contributed by atoms with van der Waals surface area (Å²) in [4.78, 5) is 14.9. The van der Waals surface area contributed by atoms with Gasteiger partial charge < -0.3 is 10.8 Å². The fraction of sp³-hybridized carbons (Fsp3) is 0.273. The van der Waals surface area contributed by atoms with E-state index < -0.39 is 16.0 Å². The lowest BCUT2D eigenvalue weighted by atomic mass is 10.2. The number of aromatic carboxylic acids is 1. The molecule has 2 aromatic rings. The number of rotatable bonds is 4. The van der Waals surface area contributed by atoms with E-state index in [9.17, 15) is 13.2 Å². The molecule has 19 heavy (non-hydrogen) atoms. The molecule has 0 aliphatic carbocycles. The number of para-hydroxylation sites is 1. The van der Waals surface area contributed by atoms with E-state index in [2.05, 4.69) is 4.98 Å². The molecule has 0 aliphatic heterocycles. The van der Waals surface area contributed by atoms with Crippen molar-refractivity contribution in [2.24, 2.45) is 0 Å². The quantitative estimate of drug-likeness (QED) is 0.861. The Morgan fingerprint density at radius 1 is 1.47 bits per heavy atom. The topological polar surface area (TPSA) is 115 Å². The summed E-state index contributed by atoms with van der Waals surface area (Å²) in [7, 11) is -3.63. The Morgan fingerprint density at radius 3 is 2.74 bits per heavy atom. The van der Waals surface area contributed by atoms with Crippen LogP contribution in [0.15, 0.2) is 18.2 Å². The summed E-state index contributed by atoms with van der Waals surface area (Å²) in [6.07, 6.45) is 0.431. The van der Waals surface area contributed by atoms with Gasteiger partial charge in [-0.2, -0.15) is 0 Å². The van der Waals surface area contributed by atoms with Crippen LogP contribution in [0.25, 0.3) is 11.0 Å². The van der Waals surface area contributed by atoms with Gasteiger partial charge in [-0.25, -0.2) is 22.2 Å². The van der Waals surface area contributed by atoms with E-state index in [0.717, 1.165) is 3.97 Å². The number of nitrogens with zero attached hydrogens (tertiary/aromatic N) is 2. The summed E-state index contributed by atoms with van der Waals surface area (Å²) in [5, 5.41) is 9.05. The van der Waals surface area contributed by atoms with Gasteiger partial charge in [-0.3, -0.25) is 0 Å². The average Bonchev–Trinajstić information content (AvgIpc) is 2.64. The average molecular weight is 283 g/mol. The Kier molecular flexibility index (Phi) is 3.19. The number of carbonyl (C=O) groups is 1. The third-order valence-electron chi connectivity index (χ3n) is 2.64. The molecule has 0 aliphatic rings. The summed E-state index contributed by atoms with van der Waals surface area (Å²) in [6.45, 7) is 1.73.